The monoisotopic (exact) mass is 330 g/mol. The second-order valence-corrected chi connectivity index (χ2v) is 5.33. The molecule has 1 unspecified atom stereocenters. The van der Waals surface area contributed by atoms with Crippen LogP contribution < -0.4 is 16.0 Å². The van der Waals surface area contributed by atoms with E-state index in [9.17, 15) is 0 Å². The first-order valence-corrected chi connectivity index (χ1v) is 6.95. The molecule has 0 bridgehead atoms. The number of halogens is 3. The number of methoxy groups -OCH3 is 1. The van der Waals surface area contributed by atoms with Crippen LogP contribution in [0.1, 0.15) is 17.2 Å². The molecule has 2 aromatic rings. The van der Waals surface area contributed by atoms with Gasteiger partial charge in [0.15, 0.2) is 0 Å². The van der Waals surface area contributed by atoms with Gasteiger partial charge in [-0.05, 0) is 29.3 Å². The molecular weight excluding hydrogens is 319 g/mol. The summed E-state index contributed by atoms with van der Waals surface area (Å²) in [6, 6.07) is 10.5. The first-order chi connectivity index (χ1) is 9.58. The van der Waals surface area contributed by atoms with Crippen molar-refractivity contribution in [2.75, 3.05) is 7.11 Å². The maximum atomic E-state index is 6.24. The van der Waals surface area contributed by atoms with Crippen LogP contribution in [0.25, 0.3) is 0 Å². The normalized spacial score (nSPS) is 12.2. The number of rotatable bonds is 4. The maximum absolute atomic E-state index is 6.24. The van der Waals surface area contributed by atoms with Gasteiger partial charge in [-0.3, -0.25) is 5.84 Å². The zero-order valence-electron chi connectivity index (χ0n) is 10.7. The minimum Gasteiger partial charge on any atom is -0.495 e. The van der Waals surface area contributed by atoms with Crippen molar-refractivity contribution in [1.82, 2.24) is 5.43 Å². The van der Waals surface area contributed by atoms with Gasteiger partial charge in [0.1, 0.15) is 5.75 Å². The number of benzene rings is 2. The third-order valence-electron chi connectivity index (χ3n) is 2.97. The number of hydrogen-bond donors (Lipinski definition) is 2. The molecule has 2 aromatic carbocycles. The first-order valence-electron chi connectivity index (χ1n) is 5.82. The average Bonchev–Trinajstić information content (AvgIpc) is 2.45. The lowest BCUT2D eigenvalue weighted by atomic mass is 9.99. The van der Waals surface area contributed by atoms with E-state index >= 15 is 0 Å². The topological polar surface area (TPSA) is 47.3 Å². The van der Waals surface area contributed by atoms with Gasteiger partial charge in [-0.15, -0.1) is 0 Å². The molecular formula is C14H13Cl3N2O. The molecule has 0 saturated heterocycles. The quantitative estimate of drug-likeness (QED) is 0.652. The molecule has 0 spiro atoms. The van der Waals surface area contributed by atoms with Gasteiger partial charge in [0.2, 0.25) is 0 Å². The van der Waals surface area contributed by atoms with Crippen LogP contribution in [0.4, 0.5) is 0 Å². The number of nitrogens with two attached hydrogens (primary N) is 1. The van der Waals surface area contributed by atoms with Gasteiger partial charge < -0.3 is 4.74 Å². The van der Waals surface area contributed by atoms with E-state index in [0.29, 0.717) is 20.8 Å². The Hall–Kier alpha value is -0.970. The molecule has 6 heteroatoms. The first kappa shape index (κ1) is 15.4. The van der Waals surface area contributed by atoms with Crippen LogP contribution in [0.15, 0.2) is 36.4 Å². The zero-order chi connectivity index (χ0) is 14.7. The summed E-state index contributed by atoms with van der Waals surface area (Å²) >= 11 is 18.3. The van der Waals surface area contributed by atoms with Gasteiger partial charge in [0.05, 0.1) is 28.2 Å². The summed E-state index contributed by atoms with van der Waals surface area (Å²) in [5.41, 5.74) is 4.39. The van der Waals surface area contributed by atoms with Crippen molar-refractivity contribution in [2.45, 2.75) is 6.04 Å². The average molecular weight is 332 g/mol. The highest BCUT2D eigenvalue weighted by Crippen LogP contribution is 2.35. The lowest BCUT2D eigenvalue weighted by Gasteiger charge is -2.19. The summed E-state index contributed by atoms with van der Waals surface area (Å²) < 4.78 is 5.21. The summed E-state index contributed by atoms with van der Waals surface area (Å²) in [5, 5.41) is 1.47. The highest BCUT2D eigenvalue weighted by atomic mass is 35.5. The molecule has 1 atom stereocenters. The summed E-state index contributed by atoms with van der Waals surface area (Å²) in [4.78, 5) is 0. The van der Waals surface area contributed by atoms with Gasteiger partial charge in [0, 0.05) is 0 Å². The molecule has 0 radical (unpaired) electrons. The lowest BCUT2D eigenvalue weighted by Crippen LogP contribution is -2.29. The van der Waals surface area contributed by atoms with Crippen LogP contribution in [-0.2, 0) is 0 Å². The van der Waals surface area contributed by atoms with E-state index < -0.39 is 0 Å². The fraction of sp³-hybridized carbons (Fsp3) is 0.143. The van der Waals surface area contributed by atoms with Gasteiger partial charge in [-0.1, -0.05) is 53.0 Å². The second-order valence-electron chi connectivity index (χ2n) is 4.14. The molecule has 20 heavy (non-hydrogen) atoms. The Morgan fingerprint density at radius 1 is 1.10 bits per heavy atom. The molecule has 0 aliphatic rings. The summed E-state index contributed by atoms with van der Waals surface area (Å²) in [6.45, 7) is 0. The Balaban J connectivity index is 2.49. The van der Waals surface area contributed by atoms with E-state index in [2.05, 4.69) is 5.43 Å². The van der Waals surface area contributed by atoms with Gasteiger partial charge in [-0.25, -0.2) is 5.43 Å². The van der Waals surface area contributed by atoms with E-state index in [0.717, 1.165) is 11.1 Å². The van der Waals surface area contributed by atoms with Gasteiger partial charge in [0.25, 0.3) is 0 Å². The van der Waals surface area contributed by atoms with Crippen molar-refractivity contribution in [3.8, 4) is 5.75 Å². The standard InChI is InChI=1S/C14H13Cl3N2O/c1-20-12-7-8(5-6-10(12)15)14(19-18)9-3-2-4-11(16)13(9)17/h2-7,14,19H,18H2,1H3. The van der Waals surface area contributed by atoms with Crippen LogP contribution in [0.3, 0.4) is 0 Å². The predicted molar refractivity (Wildman–Crippen MR) is 83.6 cm³/mol. The zero-order valence-corrected chi connectivity index (χ0v) is 12.9. The number of hydrazine groups is 1. The Morgan fingerprint density at radius 2 is 1.85 bits per heavy atom. The third kappa shape index (κ3) is 3.03. The van der Waals surface area contributed by atoms with E-state index in [4.69, 9.17) is 45.4 Å². The Labute approximate surface area is 132 Å². The van der Waals surface area contributed by atoms with Crippen LogP contribution >= 0.6 is 34.8 Å². The molecule has 3 N–H and O–H groups in total. The summed E-state index contributed by atoms with van der Waals surface area (Å²) in [7, 11) is 1.56. The van der Waals surface area contributed by atoms with Crippen molar-refractivity contribution in [2.24, 2.45) is 5.84 Å². The molecule has 2 rings (SSSR count). The molecule has 0 amide bonds. The lowest BCUT2D eigenvalue weighted by molar-refractivity contribution is 0.414. The molecule has 0 aromatic heterocycles. The summed E-state index contributed by atoms with van der Waals surface area (Å²) in [6.07, 6.45) is 0. The van der Waals surface area contributed by atoms with E-state index in [1.54, 1.807) is 19.2 Å². The van der Waals surface area contributed by atoms with Crippen molar-refractivity contribution < 1.29 is 4.74 Å². The fourth-order valence-corrected chi connectivity index (χ4v) is 2.58. The minimum absolute atomic E-state index is 0.313. The predicted octanol–water partition coefficient (Wildman–Crippen LogP) is 4.21. The molecule has 3 nitrogen and oxygen atoms in total. The van der Waals surface area contributed by atoms with E-state index in [1.807, 2.05) is 24.3 Å². The SMILES string of the molecule is COc1cc(C(NN)c2cccc(Cl)c2Cl)ccc1Cl. The summed E-state index contributed by atoms with van der Waals surface area (Å²) in [5.74, 6) is 6.23. The molecule has 0 saturated carbocycles. The van der Waals surface area contributed by atoms with Crippen molar-refractivity contribution in [1.29, 1.82) is 0 Å². The maximum Gasteiger partial charge on any atom is 0.137 e. The van der Waals surface area contributed by atoms with Crippen molar-refractivity contribution >= 4 is 34.8 Å². The molecule has 0 aliphatic heterocycles. The second kappa shape index (κ2) is 6.66. The largest absolute Gasteiger partial charge is 0.495 e. The van der Waals surface area contributed by atoms with Crippen LogP contribution in [0.2, 0.25) is 15.1 Å². The van der Waals surface area contributed by atoms with Gasteiger partial charge >= 0.3 is 0 Å². The third-order valence-corrected chi connectivity index (χ3v) is 4.11. The van der Waals surface area contributed by atoms with Crippen LogP contribution in [-0.4, -0.2) is 7.11 Å². The molecule has 106 valence electrons. The number of ether oxygens (including phenoxy) is 1. The van der Waals surface area contributed by atoms with Crippen LogP contribution in [0, 0.1) is 0 Å². The number of hydrogen-bond acceptors (Lipinski definition) is 3. The molecule has 0 aliphatic carbocycles. The molecule has 0 heterocycles. The molecule has 0 fully saturated rings. The smallest absolute Gasteiger partial charge is 0.137 e. The van der Waals surface area contributed by atoms with Gasteiger partial charge in [-0.2, -0.15) is 0 Å². The Morgan fingerprint density at radius 3 is 2.50 bits per heavy atom. The highest BCUT2D eigenvalue weighted by Gasteiger charge is 2.18. The van der Waals surface area contributed by atoms with Crippen LogP contribution in [0.5, 0.6) is 5.75 Å². The minimum atomic E-state index is -0.313. The van der Waals surface area contributed by atoms with Crippen molar-refractivity contribution in [3.63, 3.8) is 0 Å². The van der Waals surface area contributed by atoms with E-state index in [1.165, 1.54) is 0 Å². The highest BCUT2D eigenvalue weighted by molar-refractivity contribution is 6.42. The Bertz CT molecular complexity index is 619. The van der Waals surface area contributed by atoms with Crippen molar-refractivity contribution in [3.05, 3.63) is 62.6 Å². The van der Waals surface area contributed by atoms with E-state index in [-0.39, 0.29) is 6.04 Å². The Kier molecular flexibility index (Phi) is 5.13. The number of nitrogens with one attached hydrogen (secondary N) is 1. The fourth-order valence-electron chi connectivity index (χ4n) is 1.96.